The van der Waals surface area contributed by atoms with Crippen LogP contribution >= 0.6 is 11.3 Å². The second kappa shape index (κ2) is 6.17. The molecular formula is C15H19FN2S. The molecule has 1 heterocycles. The van der Waals surface area contributed by atoms with Crippen molar-refractivity contribution in [2.45, 2.75) is 19.4 Å². The molecule has 2 aromatic rings. The van der Waals surface area contributed by atoms with Crippen molar-refractivity contribution in [3.05, 3.63) is 52.0 Å². The molecule has 102 valence electrons. The van der Waals surface area contributed by atoms with E-state index in [0.717, 1.165) is 18.5 Å². The Morgan fingerprint density at radius 3 is 2.74 bits per heavy atom. The van der Waals surface area contributed by atoms with Gasteiger partial charge in [-0.3, -0.25) is 0 Å². The number of benzene rings is 1. The molecule has 0 fully saturated rings. The van der Waals surface area contributed by atoms with Gasteiger partial charge in [-0.25, -0.2) is 4.39 Å². The molecule has 2 rings (SSSR count). The fraction of sp³-hybridized carbons (Fsp3) is 0.333. The molecule has 19 heavy (non-hydrogen) atoms. The van der Waals surface area contributed by atoms with E-state index in [2.05, 4.69) is 11.4 Å². The standard InChI is InChI=1S/C15H19FN2S/c1-11(17)12-5-6-15(14(16)10-12)18(2)8-7-13-4-3-9-19-13/h3-6,9-11H,7-8,17H2,1-2H3. The lowest BCUT2D eigenvalue weighted by Gasteiger charge is -2.20. The number of hydrogen-bond acceptors (Lipinski definition) is 3. The Hall–Kier alpha value is -1.39. The predicted octanol–water partition coefficient (Wildman–Crippen LogP) is 3.59. The van der Waals surface area contributed by atoms with Crippen LogP contribution in [0.2, 0.25) is 0 Å². The second-order valence-electron chi connectivity index (χ2n) is 4.75. The van der Waals surface area contributed by atoms with Gasteiger partial charge >= 0.3 is 0 Å². The lowest BCUT2D eigenvalue weighted by atomic mass is 10.1. The van der Waals surface area contributed by atoms with Crippen LogP contribution < -0.4 is 10.6 Å². The minimum absolute atomic E-state index is 0.139. The Bertz CT molecular complexity index is 523. The molecule has 0 saturated carbocycles. The minimum atomic E-state index is -0.205. The fourth-order valence-electron chi connectivity index (χ4n) is 1.97. The van der Waals surface area contributed by atoms with Crippen molar-refractivity contribution in [2.75, 3.05) is 18.5 Å². The van der Waals surface area contributed by atoms with Crippen molar-refractivity contribution >= 4 is 17.0 Å². The maximum Gasteiger partial charge on any atom is 0.146 e. The van der Waals surface area contributed by atoms with Gasteiger partial charge in [-0.05, 0) is 42.5 Å². The number of likely N-dealkylation sites (N-methyl/N-ethyl adjacent to an activating group) is 1. The first-order valence-electron chi connectivity index (χ1n) is 6.36. The van der Waals surface area contributed by atoms with Gasteiger partial charge < -0.3 is 10.6 Å². The molecule has 1 aromatic heterocycles. The van der Waals surface area contributed by atoms with Gasteiger partial charge in [-0.1, -0.05) is 12.1 Å². The molecule has 0 aliphatic carbocycles. The quantitative estimate of drug-likeness (QED) is 0.905. The van der Waals surface area contributed by atoms with Crippen molar-refractivity contribution < 1.29 is 4.39 Å². The molecule has 0 amide bonds. The Balaban J connectivity index is 2.04. The van der Waals surface area contributed by atoms with Crippen LogP contribution in [-0.2, 0) is 6.42 Å². The van der Waals surface area contributed by atoms with Gasteiger partial charge in [-0.2, -0.15) is 0 Å². The SMILES string of the molecule is CC(N)c1ccc(N(C)CCc2cccs2)c(F)c1. The van der Waals surface area contributed by atoms with E-state index in [1.807, 2.05) is 37.1 Å². The summed E-state index contributed by atoms with van der Waals surface area (Å²) in [6.45, 7) is 2.66. The van der Waals surface area contributed by atoms with Gasteiger partial charge in [0.05, 0.1) is 5.69 Å². The van der Waals surface area contributed by atoms with Crippen LogP contribution in [0.25, 0.3) is 0 Å². The first kappa shape index (κ1) is 14.0. The monoisotopic (exact) mass is 278 g/mol. The highest BCUT2D eigenvalue weighted by atomic mass is 32.1. The average molecular weight is 278 g/mol. The lowest BCUT2D eigenvalue weighted by Crippen LogP contribution is -2.21. The van der Waals surface area contributed by atoms with Crippen LogP contribution in [0.3, 0.4) is 0 Å². The van der Waals surface area contributed by atoms with Crippen LogP contribution in [0.1, 0.15) is 23.4 Å². The summed E-state index contributed by atoms with van der Waals surface area (Å²) >= 11 is 1.73. The van der Waals surface area contributed by atoms with E-state index < -0.39 is 0 Å². The third-order valence-electron chi connectivity index (χ3n) is 3.18. The normalized spacial score (nSPS) is 12.4. The first-order chi connectivity index (χ1) is 9.08. The number of thiophene rings is 1. The lowest BCUT2D eigenvalue weighted by molar-refractivity contribution is 0.617. The molecule has 2 N–H and O–H groups in total. The molecule has 1 atom stereocenters. The van der Waals surface area contributed by atoms with Gasteiger partial charge in [0, 0.05) is 24.5 Å². The fourth-order valence-corrected chi connectivity index (χ4v) is 2.67. The molecule has 2 nitrogen and oxygen atoms in total. The number of anilines is 1. The Kier molecular flexibility index (Phi) is 4.56. The Labute approximate surface area is 117 Å². The van der Waals surface area contributed by atoms with Gasteiger partial charge in [-0.15, -0.1) is 11.3 Å². The Morgan fingerprint density at radius 2 is 2.16 bits per heavy atom. The van der Waals surface area contributed by atoms with Crippen molar-refractivity contribution in [3.8, 4) is 0 Å². The minimum Gasteiger partial charge on any atom is -0.372 e. The third kappa shape index (κ3) is 3.55. The van der Waals surface area contributed by atoms with Crippen molar-refractivity contribution in [1.82, 2.24) is 0 Å². The van der Waals surface area contributed by atoms with Gasteiger partial charge in [0.15, 0.2) is 0 Å². The molecule has 4 heteroatoms. The molecule has 0 bridgehead atoms. The molecule has 0 aliphatic rings. The van der Waals surface area contributed by atoms with E-state index >= 15 is 0 Å². The summed E-state index contributed by atoms with van der Waals surface area (Å²) in [7, 11) is 1.91. The molecule has 1 unspecified atom stereocenters. The summed E-state index contributed by atoms with van der Waals surface area (Å²) in [6, 6.07) is 9.24. The zero-order valence-corrected chi connectivity index (χ0v) is 12.1. The molecular weight excluding hydrogens is 259 g/mol. The topological polar surface area (TPSA) is 29.3 Å². The summed E-state index contributed by atoms with van der Waals surface area (Å²) < 4.78 is 14.0. The molecule has 1 aromatic carbocycles. The second-order valence-corrected chi connectivity index (χ2v) is 5.78. The predicted molar refractivity (Wildman–Crippen MR) is 80.3 cm³/mol. The van der Waals surface area contributed by atoms with Crippen molar-refractivity contribution in [2.24, 2.45) is 5.73 Å². The number of nitrogens with zero attached hydrogens (tertiary/aromatic N) is 1. The summed E-state index contributed by atoms with van der Waals surface area (Å²) in [6.07, 6.45) is 0.933. The summed E-state index contributed by atoms with van der Waals surface area (Å²) in [4.78, 5) is 3.26. The van der Waals surface area contributed by atoms with E-state index in [0.29, 0.717) is 5.69 Å². The number of rotatable bonds is 5. The van der Waals surface area contributed by atoms with Crippen LogP contribution in [-0.4, -0.2) is 13.6 Å². The molecule has 0 saturated heterocycles. The van der Waals surface area contributed by atoms with Gasteiger partial charge in [0.2, 0.25) is 0 Å². The highest BCUT2D eigenvalue weighted by Crippen LogP contribution is 2.22. The summed E-state index contributed by atoms with van der Waals surface area (Å²) in [5.74, 6) is -0.205. The maximum atomic E-state index is 14.0. The summed E-state index contributed by atoms with van der Waals surface area (Å²) in [5, 5.41) is 2.06. The van der Waals surface area contributed by atoms with E-state index in [4.69, 9.17) is 5.73 Å². The smallest absolute Gasteiger partial charge is 0.146 e. The maximum absolute atomic E-state index is 14.0. The van der Waals surface area contributed by atoms with Gasteiger partial charge in [0.25, 0.3) is 0 Å². The highest BCUT2D eigenvalue weighted by molar-refractivity contribution is 7.09. The van der Waals surface area contributed by atoms with Crippen LogP contribution in [0.4, 0.5) is 10.1 Å². The van der Waals surface area contributed by atoms with Gasteiger partial charge in [0.1, 0.15) is 5.82 Å². The first-order valence-corrected chi connectivity index (χ1v) is 7.24. The van der Waals surface area contributed by atoms with E-state index in [9.17, 15) is 4.39 Å². The molecule has 0 aliphatic heterocycles. The number of nitrogens with two attached hydrogens (primary N) is 1. The zero-order valence-electron chi connectivity index (χ0n) is 11.3. The molecule has 0 radical (unpaired) electrons. The largest absolute Gasteiger partial charge is 0.372 e. The van der Waals surface area contributed by atoms with E-state index in [-0.39, 0.29) is 11.9 Å². The Morgan fingerprint density at radius 1 is 1.37 bits per heavy atom. The molecule has 0 spiro atoms. The third-order valence-corrected chi connectivity index (χ3v) is 4.12. The zero-order chi connectivity index (χ0) is 13.8. The van der Waals surface area contributed by atoms with Crippen LogP contribution in [0, 0.1) is 5.82 Å². The number of halogens is 1. The van der Waals surface area contributed by atoms with Crippen LogP contribution in [0.5, 0.6) is 0 Å². The van der Waals surface area contributed by atoms with Crippen molar-refractivity contribution in [1.29, 1.82) is 0 Å². The number of hydrogen-bond donors (Lipinski definition) is 1. The van der Waals surface area contributed by atoms with Crippen LogP contribution in [0.15, 0.2) is 35.7 Å². The van der Waals surface area contributed by atoms with E-state index in [1.165, 1.54) is 10.9 Å². The van der Waals surface area contributed by atoms with E-state index in [1.54, 1.807) is 11.3 Å². The van der Waals surface area contributed by atoms with Crippen molar-refractivity contribution in [3.63, 3.8) is 0 Å². The average Bonchev–Trinajstić information content (AvgIpc) is 2.88. The highest BCUT2D eigenvalue weighted by Gasteiger charge is 2.10. The summed E-state index contributed by atoms with van der Waals surface area (Å²) in [5.41, 5.74) is 7.21.